The zero-order valence-corrected chi connectivity index (χ0v) is 9.73. The summed E-state index contributed by atoms with van der Waals surface area (Å²) in [6.45, 7) is 1.78. The molecule has 4 heteroatoms. The van der Waals surface area contributed by atoms with Crippen molar-refractivity contribution in [3.05, 3.63) is 31.0 Å². The maximum Gasteiger partial charge on any atom is 0.208 e. The molecule has 0 bridgehead atoms. The highest BCUT2D eigenvalue weighted by atomic mass is 127. The summed E-state index contributed by atoms with van der Waals surface area (Å²) < 4.78 is 0.774. The topological polar surface area (TPSA) is 34.1 Å². The molecule has 1 aromatic heterocycles. The van der Waals surface area contributed by atoms with Crippen LogP contribution < -0.4 is 0 Å². The van der Waals surface area contributed by atoms with E-state index in [9.17, 15) is 9.59 Å². The highest BCUT2D eigenvalue weighted by molar-refractivity contribution is 14.1. The van der Waals surface area contributed by atoms with Gasteiger partial charge in [-0.3, -0.25) is 9.59 Å². The number of thiophene rings is 1. The lowest BCUT2D eigenvalue weighted by Gasteiger charge is -1.93. The molecule has 2 rings (SSSR count). The number of halogens is 1. The van der Waals surface area contributed by atoms with Gasteiger partial charge >= 0.3 is 0 Å². The standard InChI is InChI=1S/C9H5IO2S/c1-4(10)6-7(11)5-2-3-13-9(5)8(6)12/h2-3H,1H3/b6-4+. The number of fused-ring (bicyclic) bond motifs is 1. The van der Waals surface area contributed by atoms with Crippen LogP contribution in [0.5, 0.6) is 0 Å². The van der Waals surface area contributed by atoms with Crippen LogP contribution in [-0.4, -0.2) is 11.6 Å². The molecular formula is C9H5IO2S. The van der Waals surface area contributed by atoms with Crippen molar-refractivity contribution in [2.45, 2.75) is 6.92 Å². The van der Waals surface area contributed by atoms with Gasteiger partial charge in [0.15, 0.2) is 5.78 Å². The number of ketones is 2. The summed E-state index contributed by atoms with van der Waals surface area (Å²) in [5.41, 5.74) is 0.920. The van der Waals surface area contributed by atoms with Gasteiger partial charge in [0.1, 0.15) is 0 Å². The van der Waals surface area contributed by atoms with Gasteiger partial charge in [0.2, 0.25) is 5.78 Å². The predicted molar refractivity (Wildman–Crippen MR) is 59.7 cm³/mol. The second-order valence-corrected chi connectivity index (χ2v) is 5.26. The second kappa shape index (κ2) is 3.02. The lowest BCUT2D eigenvalue weighted by Crippen LogP contribution is -2.01. The van der Waals surface area contributed by atoms with Crippen molar-refractivity contribution in [2.75, 3.05) is 0 Å². The van der Waals surface area contributed by atoms with Crippen LogP contribution >= 0.6 is 33.9 Å². The molecule has 0 saturated heterocycles. The molecule has 0 aliphatic heterocycles. The molecule has 1 aliphatic carbocycles. The van der Waals surface area contributed by atoms with E-state index < -0.39 is 0 Å². The molecule has 2 nitrogen and oxygen atoms in total. The van der Waals surface area contributed by atoms with Crippen molar-refractivity contribution in [3.63, 3.8) is 0 Å². The molecule has 0 atom stereocenters. The molecule has 13 heavy (non-hydrogen) atoms. The number of carbonyl (C=O) groups excluding carboxylic acids is 2. The molecule has 0 unspecified atom stereocenters. The molecule has 1 aromatic rings. The van der Waals surface area contributed by atoms with Crippen LogP contribution in [0.25, 0.3) is 0 Å². The van der Waals surface area contributed by atoms with E-state index in [-0.39, 0.29) is 11.6 Å². The van der Waals surface area contributed by atoms with Crippen LogP contribution in [0.1, 0.15) is 27.0 Å². The van der Waals surface area contributed by atoms with Gasteiger partial charge in [0.25, 0.3) is 0 Å². The SMILES string of the molecule is C/C(I)=C1/C(=O)c2ccsc2C1=O. The first-order chi connectivity index (χ1) is 6.13. The fourth-order valence-electron chi connectivity index (χ4n) is 1.33. The van der Waals surface area contributed by atoms with Gasteiger partial charge in [-0.2, -0.15) is 0 Å². The first-order valence-corrected chi connectivity index (χ1v) is 5.62. The van der Waals surface area contributed by atoms with Crippen LogP contribution in [0.3, 0.4) is 0 Å². The Balaban J connectivity index is 2.69. The van der Waals surface area contributed by atoms with Gasteiger partial charge in [0.05, 0.1) is 10.5 Å². The van der Waals surface area contributed by atoms with Crippen molar-refractivity contribution in [1.29, 1.82) is 0 Å². The van der Waals surface area contributed by atoms with Gasteiger partial charge in [0, 0.05) is 9.14 Å². The Morgan fingerprint density at radius 2 is 2.08 bits per heavy atom. The molecule has 0 radical (unpaired) electrons. The van der Waals surface area contributed by atoms with E-state index in [1.165, 1.54) is 11.3 Å². The van der Waals surface area contributed by atoms with E-state index in [0.29, 0.717) is 16.0 Å². The molecule has 0 N–H and O–H groups in total. The second-order valence-electron chi connectivity index (χ2n) is 2.73. The quantitative estimate of drug-likeness (QED) is 0.419. The molecule has 1 heterocycles. The minimum Gasteiger partial charge on any atom is -0.288 e. The minimum absolute atomic E-state index is 0.109. The van der Waals surface area contributed by atoms with Gasteiger partial charge in [-0.15, -0.1) is 11.3 Å². The number of allylic oxidation sites excluding steroid dienone is 2. The first-order valence-electron chi connectivity index (χ1n) is 3.66. The van der Waals surface area contributed by atoms with Crippen LogP contribution in [0.4, 0.5) is 0 Å². The van der Waals surface area contributed by atoms with Gasteiger partial charge in [-0.25, -0.2) is 0 Å². The summed E-state index contributed by atoms with van der Waals surface area (Å²) in [5.74, 6) is -0.227. The van der Waals surface area contributed by atoms with Crippen molar-refractivity contribution in [3.8, 4) is 0 Å². The minimum atomic E-state index is -0.117. The average molecular weight is 304 g/mol. The molecular weight excluding hydrogens is 299 g/mol. The van der Waals surface area contributed by atoms with Crippen LogP contribution in [0.15, 0.2) is 20.6 Å². The van der Waals surface area contributed by atoms with E-state index in [0.717, 1.165) is 3.58 Å². The van der Waals surface area contributed by atoms with E-state index in [1.807, 2.05) is 22.6 Å². The summed E-state index contributed by atoms with van der Waals surface area (Å²) in [6.07, 6.45) is 0. The fraction of sp³-hybridized carbons (Fsp3) is 0.111. The normalized spacial score (nSPS) is 19.2. The van der Waals surface area contributed by atoms with E-state index >= 15 is 0 Å². The third-order valence-electron chi connectivity index (χ3n) is 1.91. The third-order valence-corrected chi connectivity index (χ3v) is 3.37. The summed E-state index contributed by atoms with van der Waals surface area (Å²) in [5, 5.41) is 1.78. The summed E-state index contributed by atoms with van der Waals surface area (Å²) in [7, 11) is 0. The van der Waals surface area contributed by atoms with Crippen molar-refractivity contribution in [2.24, 2.45) is 0 Å². The van der Waals surface area contributed by atoms with Crippen LogP contribution in [0.2, 0.25) is 0 Å². The molecule has 0 fully saturated rings. The summed E-state index contributed by atoms with van der Waals surface area (Å²) >= 11 is 3.35. The molecule has 0 aromatic carbocycles. The lowest BCUT2D eigenvalue weighted by molar-refractivity contribution is 0.0989. The van der Waals surface area contributed by atoms with E-state index in [4.69, 9.17) is 0 Å². The molecule has 1 aliphatic rings. The van der Waals surface area contributed by atoms with Crippen LogP contribution in [0, 0.1) is 0 Å². The smallest absolute Gasteiger partial charge is 0.208 e. The van der Waals surface area contributed by atoms with Gasteiger partial charge in [-0.05, 0) is 41.0 Å². The Labute approximate surface area is 92.8 Å². The summed E-state index contributed by atoms with van der Waals surface area (Å²) in [6, 6.07) is 1.72. The Bertz CT molecular complexity index is 406. The Kier molecular flexibility index (Phi) is 2.11. The van der Waals surface area contributed by atoms with Gasteiger partial charge < -0.3 is 0 Å². The van der Waals surface area contributed by atoms with E-state index in [1.54, 1.807) is 18.4 Å². The number of rotatable bonds is 0. The lowest BCUT2D eigenvalue weighted by atomic mass is 10.1. The third kappa shape index (κ3) is 1.20. The number of Topliss-reactive ketones (excluding diaryl/α,β-unsaturated/α-hetero) is 2. The zero-order valence-electron chi connectivity index (χ0n) is 6.76. The van der Waals surface area contributed by atoms with Gasteiger partial charge in [-0.1, -0.05) is 0 Å². The zero-order chi connectivity index (χ0) is 9.59. The van der Waals surface area contributed by atoms with E-state index in [2.05, 4.69) is 0 Å². The highest BCUT2D eigenvalue weighted by Gasteiger charge is 2.35. The van der Waals surface area contributed by atoms with Crippen molar-refractivity contribution >= 4 is 45.5 Å². The predicted octanol–water partition coefficient (Wildman–Crippen LogP) is 2.84. The highest BCUT2D eigenvalue weighted by Crippen LogP contribution is 2.33. The number of hydrogen-bond acceptors (Lipinski definition) is 3. The molecule has 0 spiro atoms. The average Bonchev–Trinajstić information content (AvgIpc) is 2.56. The number of carbonyl (C=O) groups is 2. The van der Waals surface area contributed by atoms with Crippen molar-refractivity contribution < 1.29 is 9.59 Å². The Morgan fingerprint density at radius 1 is 1.38 bits per heavy atom. The largest absolute Gasteiger partial charge is 0.288 e. The summed E-state index contributed by atoms with van der Waals surface area (Å²) in [4.78, 5) is 23.9. The van der Waals surface area contributed by atoms with Crippen LogP contribution in [-0.2, 0) is 0 Å². The maximum absolute atomic E-state index is 11.6. The number of hydrogen-bond donors (Lipinski definition) is 0. The first kappa shape index (κ1) is 9.08. The molecule has 0 amide bonds. The maximum atomic E-state index is 11.6. The molecule has 66 valence electrons. The monoisotopic (exact) mass is 304 g/mol. The Morgan fingerprint density at radius 3 is 2.62 bits per heavy atom. The Hall–Kier alpha value is -0.490. The molecule has 0 saturated carbocycles. The fourth-order valence-corrected chi connectivity index (χ4v) is 2.66. The van der Waals surface area contributed by atoms with Crippen molar-refractivity contribution in [1.82, 2.24) is 0 Å².